The van der Waals surface area contributed by atoms with Gasteiger partial charge in [-0.2, -0.15) is 5.01 Å². The number of aliphatic hydroxyl groups excluding tert-OH is 7. The lowest BCUT2D eigenvalue weighted by Gasteiger charge is -2.48. The fourth-order valence-corrected chi connectivity index (χ4v) is 4.20. The van der Waals surface area contributed by atoms with Crippen LogP contribution in [-0.4, -0.2) is 158 Å². The summed E-state index contributed by atoms with van der Waals surface area (Å²) in [7, 11) is 0. The Kier molecular flexibility index (Phi) is 13.2. The van der Waals surface area contributed by atoms with Crippen molar-refractivity contribution < 1.29 is 59.5 Å². The molecule has 0 aromatic heterocycles. The number of aliphatic hydroxyl groups is 7. The summed E-state index contributed by atoms with van der Waals surface area (Å²) in [6, 6.07) is -0.978. The van der Waals surface area contributed by atoms with Crippen LogP contribution in [0.25, 0.3) is 0 Å². The summed E-state index contributed by atoms with van der Waals surface area (Å²) in [4.78, 5) is 25.2. The molecule has 16 nitrogen and oxygen atoms in total. The van der Waals surface area contributed by atoms with Gasteiger partial charge in [0.1, 0.15) is 48.8 Å². The maximum Gasteiger partial charge on any atom is 0.345 e. The van der Waals surface area contributed by atoms with Gasteiger partial charge in [0, 0.05) is 25.6 Å². The van der Waals surface area contributed by atoms with Gasteiger partial charge in [0.2, 0.25) is 0 Å². The molecule has 0 aromatic rings. The fourth-order valence-electron chi connectivity index (χ4n) is 4.04. The first-order chi connectivity index (χ1) is 17.7. The predicted molar refractivity (Wildman–Crippen MR) is 123 cm³/mol. The van der Waals surface area contributed by atoms with E-state index in [0.29, 0.717) is 11.6 Å². The Balaban J connectivity index is 2.25. The van der Waals surface area contributed by atoms with Crippen molar-refractivity contribution in [1.82, 2.24) is 9.91 Å². The van der Waals surface area contributed by atoms with Gasteiger partial charge in [0.05, 0.1) is 25.0 Å². The van der Waals surface area contributed by atoms with Crippen LogP contribution in [0.4, 0.5) is 4.79 Å². The van der Waals surface area contributed by atoms with E-state index < -0.39 is 80.6 Å². The van der Waals surface area contributed by atoms with Crippen molar-refractivity contribution in [2.75, 3.05) is 45.4 Å². The first kappa shape index (κ1) is 31.9. The molecule has 216 valence electrons. The summed E-state index contributed by atoms with van der Waals surface area (Å²) in [6.45, 7) is 0.537. The zero-order valence-electron chi connectivity index (χ0n) is 20.2. The Hall–Kier alpha value is -1.28. The minimum atomic E-state index is -1.85. The lowest BCUT2D eigenvalue weighted by atomic mass is 9.96. The summed E-state index contributed by atoms with van der Waals surface area (Å²) < 4.78 is 21.7. The van der Waals surface area contributed by atoms with Crippen LogP contribution < -0.4 is 0 Å². The molecule has 37 heavy (non-hydrogen) atoms. The van der Waals surface area contributed by atoms with Crippen LogP contribution in [0, 0.1) is 4.91 Å². The highest BCUT2D eigenvalue weighted by molar-refractivity contribution is 6.18. The zero-order valence-corrected chi connectivity index (χ0v) is 21.0. The first-order valence-electron chi connectivity index (χ1n) is 11.8. The monoisotopic (exact) mass is 561 g/mol. The number of alkyl halides is 1. The largest absolute Gasteiger partial charge is 0.394 e. The minimum absolute atomic E-state index is 0.0992. The average Bonchev–Trinajstić information content (AvgIpc) is 2.90. The first-order valence-corrected chi connectivity index (χ1v) is 12.3. The van der Waals surface area contributed by atoms with E-state index in [1.807, 2.05) is 0 Å². The Labute approximate surface area is 217 Å². The molecule has 17 heteroatoms. The highest BCUT2D eigenvalue weighted by Gasteiger charge is 2.52. The molecular weight excluding hydrogens is 526 g/mol. The van der Waals surface area contributed by atoms with Crippen LogP contribution in [0.3, 0.4) is 0 Å². The summed E-state index contributed by atoms with van der Waals surface area (Å²) >= 11 is 5.63. The molecule has 0 radical (unpaired) electrons. The van der Waals surface area contributed by atoms with Gasteiger partial charge in [0.15, 0.2) is 12.5 Å². The number of nitrogens with zero attached hydrogens (tertiary/aromatic N) is 3. The SMILES string of the molecule is CCOCCCN(C(=O)N(CCCl)N=O)C1O[C@H](CO)[C@@H](O[C@H]2O[C@H](CO)[C@@H](O)[C@H](O)[C@H]2O)[C@H](O)[C@H]1O. The van der Waals surface area contributed by atoms with Crippen LogP contribution in [0.5, 0.6) is 0 Å². The third-order valence-corrected chi connectivity index (χ3v) is 6.21. The molecule has 2 heterocycles. The van der Waals surface area contributed by atoms with Crippen molar-refractivity contribution in [1.29, 1.82) is 0 Å². The van der Waals surface area contributed by atoms with Gasteiger partial charge >= 0.3 is 6.03 Å². The van der Waals surface area contributed by atoms with Crippen molar-refractivity contribution in [3.63, 3.8) is 0 Å². The summed E-state index contributed by atoms with van der Waals surface area (Å²) in [5.74, 6) is -0.116. The van der Waals surface area contributed by atoms with Gasteiger partial charge in [-0.1, -0.05) is 0 Å². The van der Waals surface area contributed by atoms with Crippen molar-refractivity contribution in [3.05, 3.63) is 4.91 Å². The van der Waals surface area contributed by atoms with Crippen LogP contribution >= 0.6 is 11.6 Å². The Bertz CT molecular complexity index is 708. The topological polar surface area (TPSA) is 232 Å². The molecule has 2 fully saturated rings. The highest BCUT2D eigenvalue weighted by Crippen LogP contribution is 2.30. The second kappa shape index (κ2) is 15.3. The average molecular weight is 562 g/mol. The number of hydrogen-bond acceptors (Lipinski definition) is 14. The predicted octanol–water partition coefficient (Wildman–Crippen LogP) is -3.32. The standard InChI is InChI=1S/C20H36ClN3O13/c1-2-34-7-3-5-23(20(32)24(22-33)6-4-21)18-15(30)14(29)17(11(9-26)35-18)37-19-16(31)13(28)12(27)10(8-25)36-19/h10-19,25-31H,2-9H2,1H3/t10-,11-,12-,13+,14-,15-,16-,17-,18?,19-/m1/s1. The molecule has 0 spiro atoms. The molecule has 7 N–H and O–H groups in total. The van der Waals surface area contributed by atoms with Gasteiger partial charge in [-0.3, -0.25) is 4.90 Å². The number of urea groups is 1. The quantitative estimate of drug-likeness (QED) is 0.0505. The van der Waals surface area contributed by atoms with E-state index >= 15 is 0 Å². The maximum atomic E-state index is 13.0. The van der Waals surface area contributed by atoms with Crippen molar-refractivity contribution >= 4 is 17.6 Å². The molecule has 0 saturated carbocycles. The van der Waals surface area contributed by atoms with E-state index in [-0.39, 0.29) is 32.0 Å². The van der Waals surface area contributed by atoms with E-state index in [2.05, 4.69) is 5.29 Å². The number of hydrogen-bond donors (Lipinski definition) is 7. The number of ether oxygens (including phenoxy) is 4. The summed E-state index contributed by atoms with van der Waals surface area (Å²) in [6.07, 6.45) is -16.2. The van der Waals surface area contributed by atoms with E-state index in [9.17, 15) is 45.4 Å². The van der Waals surface area contributed by atoms with Crippen molar-refractivity contribution in [3.8, 4) is 0 Å². The summed E-state index contributed by atoms with van der Waals surface area (Å²) in [5, 5.41) is 74.3. The molecule has 2 aliphatic heterocycles. The number of halogens is 1. The van der Waals surface area contributed by atoms with Gasteiger partial charge in [-0.15, -0.1) is 16.5 Å². The molecule has 2 rings (SSSR count). The van der Waals surface area contributed by atoms with E-state index in [1.165, 1.54) is 0 Å². The van der Waals surface area contributed by atoms with Gasteiger partial charge in [-0.05, 0) is 13.3 Å². The molecule has 1 unspecified atom stereocenters. The molecule has 0 aromatic carbocycles. The number of carbonyl (C=O) groups excluding carboxylic acids is 1. The normalized spacial score (nSPS) is 36.2. The van der Waals surface area contributed by atoms with E-state index in [0.717, 1.165) is 4.90 Å². The fraction of sp³-hybridized carbons (Fsp3) is 0.950. The third-order valence-electron chi connectivity index (χ3n) is 6.04. The molecule has 0 bridgehead atoms. The smallest absolute Gasteiger partial charge is 0.345 e. The van der Waals surface area contributed by atoms with Crippen molar-refractivity contribution in [2.45, 2.75) is 74.7 Å². The number of amides is 2. The van der Waals surface area contributed by atoms with Crippen molar-refractivity contribution in [2.24, 2.45) is 5.29 Å². The summed E-state index contributed by atoms with van der Waals surface area (Å²) in [5.41, 5.74) is 0. The second-order valence-corrected chi connectivity index (χ2v) is 8.83. The number of nitroso groups, excluding NO2 is 1. The Morgan fingerprint density at radius 2 is 1.62 bits per heavy atom. The van der Waals surface area contributed by atoms with Gasteiger partial charge < -0.3 is 54.7 Å². The molecule has 10 atom stereocenters. The maximum absolute atomic E-state index is 13.0. The zero-order chi connectivity index (χ0) is 27.7. The number of carbonyl (C=O) groups is 1. The molecule has 0 aliphatic carbocycles. The van der Waals surface area contributed by atoms with Crippen LogP contribution in [-0.2, 0) is 18.9 Å². The number of rotatable bonds is 13. The lowest BCUT2D eigenvalue weighted by Crippen LogP contribution is -2.67. The second-order valence-electron chi connectivity index (χ2n) is 8.45. The minimum Gasteiger partial charge on any atom is -0.394 e. The molecule has 2 amide bonds. The van der Waals surface area contributed by atoms with Gasteiger partial charge in [0.25, 0.3) is 0 Å². The highest BCUT2D eigenvalue weighted by atomic mass is 35.5. The van der Waals surface area contributed by atoms with Gasteiger partial charge in [-0.25, -0.2) is 4.79 Å². The van der Waals surface area contributed by atoms with Crippen LogP contribution in [0.15, 0.2) is 5.29 Å². The third kappa shape index (κ3) is 7.65. The van der Waals surface area contributed by atoms with E-state index in [1.54, 1.807) is 6.92 Å². The molecule has 2 saturated heterocycles. The molecule has 2 aliphatic rings. The van der Waals surface area contributed by atoms with E-state index in [4.69, 9.17) is 30.5 Å². The Morgan fingerprint density at radius 3 is 2.19 bits per heavy atom. The Morgan fingerprint density at radius 1 is 0.946 bits per heavy atom. The van der Waals surface area contributed by atoms with Crippen LogP contribution in [0.2, 0.25) is 0 Å². The lowest BCUT2D eigenvalue weighted by molar-refractivity contribution is -0.347. The van der Waals surface area contributed by atoms with Crippen LogP contribution in [0.1, 0.15) is 13.3 Å². The molecular formula is C20H36ClN3O13.